The highest BCUT2D eigenvalue weighted by atomic mass is 79.9. The van der Waals surface area contributed by atoms with E-state index in [0.29, 0.717) is 15.8 Å². The van der Waals surface area contributed by atoms with Crippen LogP contribution < -0.4 is 10.5 Å². The van der Waals surface area contributed by atoms with E-state index in [1.807, 2.05) is 0 Å². The molecule has 7 heteroatoms. The van der Waals surface area contributed by atoms with Crippen LogP contribution in [0.3, 0.4) is 0 Å². The van der Waals surface area contributed by atoms with Gasteiger partial charge in [0, 0.05) is 6.04 Å². The molecule has 1 aromatic carbocycles. The van der Waals surface area contributed by atoms with Crippen LogP contribution in [0, 0.1) is 5.41 Å². The van der Waals surface area contributed by atoms with Crippen molar-refractivity contribution in [2.75, 3.05) is 14.2 Å². The quantitative estimate of drug-likeness (QED) is 0.799. The molecule has 0 saturated heterocycles. The molecule has 5 nitrogen and oxygen atoms in total. The number of halogens is 2. The molecule has 0 aromatic heterocycles. The van der Waals surface area contributed by atoms with Gasteiger partial charge in [0.15, 0.2) is 11.5 Å². The highest BCUT2D eigenvalue weighted by molar-refractivity contribution is 9.10. The molecule has 0 aliphatic heterocycles. The summed E-state index contributed by atoms with van der Waals surface area (Å²) in [6, 6.07) is 2.67. The third-order valence-electron chi connectivity index (χ3n) is 3.12. The number of nitrogens with two attached hydrogens (primary N) is 1. The molecule has 20 heavy (non-hydrogen) atoms. The highest BCUT2D eigenvalue weighted by Gasteiger charge is 2.37. The number of aromatic hydroxyl groups is 1. The molecular weight excluding hydrogens is 350 g/mol. The fraction of sp³-hybridized carbons (Fsp3) is 0.462. The summed E-state index contributed by atoms with van der Waals surface area (Å²) in [5.74, 6) is -0.113. The second-order valence-electron chi connectivity index (χ2n) is 4.74. The topological polar surface area (TPSA) is 81.8 Å². The number of esters is 1. The molecule has 0 aliphatic rings. The first-order valence-corrected chi connectivity index (χ1v) is 6.45. The fourth-order valence-corrected chi connectivity index (χ4v) is 2.20. The van der Waals surface area contributed by atoms with Crippen molar-refractivity contribution in [1.29, 1.82) is 0 Å². The largest absolute Gasteiger partial charge is 0.503 e. The van der Waals surface area contributed by atoms with Crippen LogP contribution in [0.1, 0.15) is 25.5 Å². The Bertz CT molecular complexity index is 494. The molecule has 0 fully saturated rings. The van der Waals surface area contributed by atoms with Crippen LogP contribution in [0.25, 0.3) is 0 Å². The van der Waals surface area contributed by atoms with E-state index in [9.17, 15) is 9.90 Å². The Morgan fingerprint density at radius 1 is 1.40 bits per heavy atom. The van der Waals surface area contributed by atoms with Crippen molar-refractivity contribution in [3.63, 3.8) is 0 Å². The maximum absolute atomic E-state index is 11.8. The third-order valence-corrected chi connectivity index (χ3v) is 3.72. The third kappa shape index (κ3) is 3.56. The Morgan fingerprint density at radius 2 is 1.95 bits per heavy atom. The maximum atomic E-state index is 11.8. The predicted molar refractivity (Wildman–Crippen MR) is 82.3 cm³/mol. The number of carbonyl (C=O) groups is 1. The molecule has 3 N–H and O–H groups in total. The van der Waals surface area contributed by atoms with Crippen LogP contribution >= 0.6 is 28.3 Å². The Balaban J connectivity index is 0.00000361. The van der Waals surface area contributed by atoms with Crippen molar-refractivity contribution >= 4 is 34.3 Å². The van der Waals surface area contributed by atoms with Gasteiger partial charge >= 0.3 is 5.97 Å². The van der Waals surface area contributed by atoms with Crippen molar-refractivity contribution in [3.05, 3.63) is 22.2 Å². The number of carbonyl (C=O) groups excluding carboxylic acids is 1. The zero-order chi connectivity index (χ0) is 14.8. The zero-order valence-corrected chi connectivity index (χ0v) is 14.2. The number of rotatable bonds is 4. The summed E-state index contributed by atoms with van der Waals surface area (Å²) < 4.78 is 10.3. The normalized spacial score (nSPS) is 12.3. The van der Waals surface area contributed by atoms with E-state index in [2.05, 4.69) is 15.9 Å². The SMILES string of the molecule is COC(=O)C(C)(C)[C@H](N)c1cc(Br)c(O)c(OC)c1.Cl. The molecule has 0 aliphatic carbocycles. The van der Waals surface area contributed by atoms with Crippen molar-refractivity contribution < 1.29 is 19.4 Å². The minimum Gasteiger partial charge on any atom is -0.503 e. The van der Waals surface area contributed by atoms with E-state index >= 15 is 0 Å². The lowest BCUT2D eigenvalue weighted by atomic mass is 9.81. The van der Waals surface area contributed by atoms with E-state index in [1.54, 1.807) is 26.0 Å². The number of hydrogen-bond acceptors (Lipinski definition) is 5. The van der Waals surface area contributed by atoms with Crippen LogP contribution in [0.2, 0.25) is 0 Å². The minimum absolute atomic E-state index is 0. The minimum atomic E-state index is -0.893. The molecule has 0 amide bonds. The van der Waals surface area contributed by atoms with Crippen LogP contribution in [0.4, 0.5) is 0 Å². The van der Waals surface area contributed by atoms with Gasteiger partial charge < -0.3 is 20.3 Å². The molecule has 0 unspecified atom stereocenters. The number of phenolic OH excluding ortho intramolecular Hbond substituents is 1. The molecule has 1 rings (SSSR count). The smallest absolute Gasteiger partial charge is 0.313 e. The van der Waals surface area contributed by atoms with Gasteiger partial charge in [-0.25, -0.2) is 0 Å². The number of ether oxygens (including phenoxy) is 2. The number of phenols is 1. The van der Waals surface area contributed by atoms with Crippen LogP contribution in [-0.2, 0) is 9.53 Å². The van der Waals surface area contributed by atoms with Crippen LogP contribution in [0.5, 0.6) is 11.5 Å². The molecule has 0 radical (unpaired) electrons. The van der Waals surface area contributed by atoms with E-state index in [1.165, 1.54) is 14.2 Å². The first kappa shape index (κ1) is 19.0. The van der Waals surface area contributed by atoms with Gasteiger partial charge in [-0.3, -0.25) is 4.79 Å². The van der Waals surface area contributed by atoms with Crippen molar-refractivity contribution in [3.8, 4) is 11.5 Å². The summed E-state index contributed by atoms with van der Waals surface area (Å²) in [6.07, 6.45) is 0. The van der Waals surface area contributed by atoms with Gasteiger partial charge in [-0.2, -0.15) is 0 Å². The Labute approximate surface area is 133 Å². The lowest BCUT2D eigenvalue weighted by Crippen LogP contribution is -2.37. The number of hydrogen-bond donors (Lipinski definition) is 2. The first-order chi connectivity index (χ1) is 8.75. The van der Waals surface area contributed by atoms with Crippen LogP contribution in [-0.4, -0.2) is 25.3 Å². The van der Waals surface area contributed by atoms with Crippen molar-refractivity contribution in [2.45, 2.75) is 19.9 Å². The van der Waals surface area contributed by atoms with E-state index in [-0.39, 0.29) is 18.2 Å². The number of methoxy groups -OCH3 is 2. The number of benzene rings is 1. The molecule has 0 spiro atoms. The summed E-state index contributed by atoms with van der Waals surface area (Å²) in [7, 11) is 2.77. The van der Waals surface area contributed by atoms with Crippen molar-refractivity contribution in [1.82, 2.24) is 0 Å². The lowest BCUT2D eigenvalue weighted by molar-refractivity contribution is -0.152. The highest BCUT2D eigenvalue weighted by Crippen LogP contribution is 2.40. The zero-order valence-electron chi connectivity index (χ0n) is 11.8. The van der Waals surface area contributed by atoms with Gasteiger partial charge in [0.25, 0.3) is 0 Å². The Morgan fingerprint density at radius 3 is 2.40 bits per heavy atom. The van der Waals surface area contributed by atoms with Crippen LogP contribution in [0.15, 0.2) is 16.6 Å². The average molecular weight is 369 g/mol. The van der Waals surface area contributed by atoms with Gasteiger partial charge in [0.2, 0.25) is 0 Å². The summed E-state index contributed by atoms with van der Waals surface area (Å²) in [5.41, 5.74) is 5.90. The summed E-state index contributed by atoms with van der Waals surface area (Å²) in [5, 5.41) is 9.76. The Hall–Kier alpha value is -0.980. The molecule has 1 aromatic rings. The summed E-state index contributed by atoms with van der Waals surface area (Å²) >= 11 is 3.23. The van der Waals surface area contributed by atoms with Gasteiger partial charge in [0.05, 0.1) is 24.1 Å². The van der Waals surface area contributed by atoms with Gasteiger partial charge in [-0.15, -0.1) is 12.4 Å². The standard InChI is InChI=1S/C13H18BrNO4.ClH/c1-13(2,12(17)19-4)11(15)7-5-8(14)10(16)9(6-7)18-3;/h5-6,11,16H,15H2,1-4H3;1H/t11-;/m1./s1. The molecule has 0 heterocycles. The molecule has 1 atom stereocenters. The predicted octanol–water partition coefficient (Wildman–Crippen LogP) is 2.78. The van der Waals surface area contributed by atoms with Gasteiger partial charge in [-0.1, -0.05) is 0 Å². The second kappa shape index (κ2) is 7.15. The lowest BCUT2D eigenvalue weighted by Gasteiger charge is -2.29. The average Bonchev–Trinajstić information content (AvgIpc) is 2.39. The molecule has 114 valence electrons. The monoisotopic (exact) mass is 367 g/mol. The molecular formula is C13H19BrClNO4. The van der Waals surface area contributed by atoms with E-state index in [4.69, 9.17) is 15.2 Å². The maximum Gasteiger partial charge on any atom is 0.313 e. The molecule has 0 bridgehead atoms. The van der Waals surface area contributed by atoms with Gasteiger partial charge in [0.1, 0.15) is 0 Å². The first-order valence-electron chi connectivity index (χ1n) is 5.66. The Kier molecular flexibility index (Phi) is 6.80. The van der Waals surface area contributed by atoms with Gasteiger partial charge in [-0.05, 0) is 47.5 Å². The second-order valence-corrected chi connectivity index (χ2v) is 5.60. The summed E-state index contributed by atoms with van der Waals surface area (Å²) in [4.78, 5) is 11.8. The van der Waals surface area contributed by atoms with E-state index < -0.39 is 17.4 Å². The van der Waals surface area contributed by atoms with Crippen molar-refractivity contribution in [2.24, 2.45) is 11.1 Å². The molecule has 0 saturated carbocycles. The van der Waals surface area contributed by atoms with E-state index in [0.717, 1.165) is 0 Å². The summed E-state index contributed by atoms with van der Waals surface area (Å²) in [6.45, 7) is 3.41. The fourth-order valence-electron chi connectivity index (χ4n) is 1.74.